The second kappa shape index (κ2) is 8.55. The smallest absolute Gasteiger partial charge is 0.254 e. The normalized spacial score (nSPS) is 19.9. The van der Waals surface area contributed by atoms with Gasteiger partial charge in [0.15, 0.2) is 0 Å². The summed E-state index contributed by atoms with van der Waals surface area (Å²) < 4.78 is 0. The Balaban J connectivity index is 1.43. The van der Waals surface area contributed by atoms with Crippen molar-refractivity contribution in [3.63, 3.8) is 0 Å². The third kappa shape index (κ3) is 4.08. The Morgan fingerprint density at radius 3 is 2.43 bits per heavy atom. The molecular formula is C23H27N3O2. The van der Waals surface area contributed by atoms with Crippen molar-refractivity contribution >= 4 is 11.8 Å². The van der Waals surface area contributed by atoms with Crippen molar-refractivity contribution < 1.29 is 9.59 Å². The van der Waals surface area contributed by atoms with Crippen LogP contribution in [0.4, 0.5) is 0 Å². The van der Waals surface area contributed by atoms with Crippen LogP contribution in [0, 0.1) is 0 Å². The summed E-state index contributed by atoms with van der Waals surface area (Å²) in [6.45, 7) is 2.45. The monoisotopic (exact) mass is 377 g/mol. The number of pyridine rings is 1. The third-order valence-electron chi connectivity index (χ3n) is 5.94. The molecule has 4 rings (SSSR count). The molecule has 5 nitrogen and oxygen atoms in total. The molecule has 0 unspecified atom stereocenters. The predicted octanol–water partition coefficient (Wildman–Crippen LogP) is 3.76. The van der Waals surface area contributed by atoms with Crippen molar-refractivity contribution in [3.05, 3.63) is 54.4 Å². The molecule has 1 aromatic carbocycles. The molecule has 0 bridgehead atoms. The molecule has 0 aliphatic carbocycles. The van der Waals surface area contributed by atoms with E-state index >= 15 is 0 Å². The maximum atomic E-state index is 13.2. The van der Waals surface area contributed by atoms with E-state index in [0.717, 1.165) is 68.4 Å². The number of rotatable bonds is 5. The van der Waals surface area contributed by atoms with Gasteiger partial charge in [-0.15, -0.1) is 0 Å². The lowest BCUT2D eigenvalue weighted by atomic mass is 9.97. The molecule has 5 heteroatoms. The van der Waals surface area contributed by atoms with E-state index in [1.807, 2.05) is 46.2 Å². The summed E-state index contributed by atoms with van der Waals surface area (Å²) in [5.74, 6) is 0.374. The molecule has 1 atom stereocenters. The van der Waals surface area contributed by atoms with E-state index in [0.29, 0.717) is 6.42 Å². The van der Waals surface area contributed by atoms with E-state index in [1.54, 1.807) is 12.4 Å². The maximum absolute atomic E-state index is 13.2. The van der Waals surface area contributed by atoms with Crippen LogP contribution in [0.2, 0.25) is 0 Å². The van der Waals surface area contributed by atoms with Crippen molar-refractivity contribution in [1.29, 1.82) is 0 Å². The van der Waals surface area contributed by atoms with Crippen LogP contribution in [0.15, 0.2) is 48.8 Å². The fourth-order valence-electron chi connectivity index (χ4n) is 4.33. The molecule has 1 aromatic heterocycles. The Morgan fingerprint density at radius 2 is 1.71 bits per heavy atom. The first-order valence-electron chi connectivity index (χ1n) is 10.3. The van der Waals surface area contributed by atoms with Crippen LogP contribution in [0.1, 0.15) is 48.9 Å². The Hall–Kier alpha value is -2.69. The first-order chi connectivity index (χ1) is 13.7. The number of carbonyl (C=O) groups excluding carboxylic acids is 2. The zero-order valence-electron chi connectivity index (χ0n) is 16.2. The van der Waals surface area contributed by atoms with Crippen LogP contribution in [0.3, 0.4) is 0 Å². The predicted molar refractivity (Wildman–Crippen MR) is 109 cm³/mol. The van der Waals surface area contributed by atoms with Gasteiger partial charge in [0.25, 0.3) is 5.91 Å². The van der Waals surface area contributed by atoms with Gasteiger partial charge in [-0.25, -0.2) is 0 Å². The number of piperidine rings is 1. The number of carbonyl (C=O) groups is 2. The lowest BCUT2D eigenvalue weighted by Crippen LogP contribution is -2.45. The number of hydrogen-bond acceptors (Lipinski definition) is 3. The fraction of sp³-hybridized carbons (Fsp3) is 0.435. The van der Waals surface area contributed by atoms with Crippen LogP contribution in [-0.4, -0.2) is 52.3 Å². The molecule has 146 valence electrons. The summed E-state index contributed by atoms with van der Waals surface area (Å²) >= 11 is 0. The van der Waals surface area contributed by atoms with Crippen molar-refractivity contribution in [2.45, 2.75) is 44.6 Å². The number of benzene rings is 1. The van der Waals surface area contributed by atoms with E-state index in [1.165, 1.54) is 0 Å². The number of amides is 2. The Morgan fingerprint density at radius 1 is 0.964 bits per heavy atom. The van der Waals surface area contributed by atoms with Gasteiger partial charge in [0, 0.05) is 50.1 Å². The molecule has 2 aliphatic heterocycles. The van der Waals surface area contributed by atoms with Crippen LogP contribution in [-0.2, 0) is 4.79 Å². The van der Waals surface area contributed by atoms with Gasteiger partial charge in [-0.3, -0.25) is 14.6 Å². The van der Waals surface area contributed by atoms with Gasteiger partial charge in [0.05, 0.1) is 0 Å². The van der Waals surface area contributed by atoms with Crippen LogP contribution < -0.4 is 0 Å². The number of likely N-dealkylation sites (tertiary alicyclic amines) is 2. The molecule has 0 saturated carbocycles. The van der Waals surface area contributed by atoms with Gasteiger partial charge in [-0.05, 0) is 67.5 Å². The highest BCUT2D eigenvalue weighted by Gasteiger charge is 2.29. The zero-order valence-corrected chi connectivity index (χ0v) is 16.2. The molecule has 0 spiro atoms. The van der Waals surface area contributed by atoms with Gasteiger partial charge in [-0.2, -0.15) is 0 Å². The number of aromatic nitrogens is 1. The lowest BCUT2D eigenvalue weighted by molar-refractivity contribution is -0.127. The van der Waals surface area contributed by atoms with E-state index in [-0.39, 0.29) is 17.9 Å². The minimum Gasteiger partial charge on any atom is -0.343 e. The molecule has 2 amide bonds. The highest BCUT2D eigenvalue weighted by molar-refractivity contribution is 5.95. The van der Waals surface area contributed by atoms with Crippen molar-refractivity contribution in [1.82, 2.24) is 14.8 Å². The minimum absolute atomic E-state index is 0.110. The minimum atomic E-state index is 0.110. The largest absolute Gasteiger partial charge is 0.343 e. The quantitative estimate of drug-likeness (QED) is 0.797. The highest BCUT2D eigenvalue weighted by Crippen LogP contribution is 2.25. The topological polar surface area (TPSA) is 53.5 Å². The molecule has 2 fully saturated rings. The summed E-state index contributed by atoms with van der Waals surface area (Å²) in [7, 11) is 0. The summed E-state index contributed by atoms with van der Waals surface area (Å²) in [6, 6.07) is 12.0. The summed E-state index contributed by atoms with van der Waals surface area (Å²) in [6.07, 6.45) is 9.32. The molecular weight excluding hydrogens is 350 g/mol. The van der Waals surface area contributed by atoms with Crippen molar-refractivity contribution in [3.8, 4) is 11.1 Å². The Labute approximate surface area is 166 Å². The van der Waals surface area contributed by atoms with E-state index in [9.17, 15) is 9.59 Å². The lowest BCUT2D eigenvalue weighted by Gasteiger charge is -2.36. The molecule has 0 radical (unpaired) electrons. The summed E-state index contributed by atoms with van der Waals surface area (Å²) in [5.41, 5.74) is 2.92. The standard InChI is InChI=1S/C23H27N3O2/c27-22-5-3-15-25(22)17-12-21-4-1-2-16-26(21)23(28)20-8-6-18(7-9-20)19-10-13-24-14-11-19/h6-11,13-14,21H,1-5,12,15-17H2/t21-/m1/s1. The first-order valence-corrected chi connectivity index (χ1v) is 10.3. The molecule has 28 heavy (non-hydrogen) atoms. The summed E-state index contributed by atoms with van der Waals surface area (Å²) in [4.78, 5) is 33.1. The molecule has 2 aromatic rings. The maximum Gasteiger partial charge on any atom is 0.254 e. The average Bonchev–Trinajstić information content (AvgIpc) is 3.17. The van der Waals surface area contributed by atoms with Crippen LogP contribution >= 0.6 is 0 Å². The first kappa shape index (κ1) is 18.7. The van der Waals surface area contributed by atoms with E-state index < -0.39 is 0 Å². The fourth-order valence-corrected chi connectivity index (χ4v) is 4.33. The van der Waals surface area contributed by atoms with Gasteiger partial charge in [-0.1, -0.05) is 12.1 Å². The van der Waals surface area contributed by atoms with E-state index in [2.05, 4.69) is 4.98 Å². The van der Waals surface area contributed by atoms with E-state index in [4.69, 9.17) is 0 Å². The molecule has 3 heterocycles. The zero-order chi connectivity index (χ0) is 19.3. The van der Waals surface area contributed by atoms with Gasteiger partial charge in [0.2, 0.25) is 5.91 Å². The SMILES string of the molecule is O=C1CCCN1CC[C@H]1CCCCN1C(=O)c1ccc(-c2ccncc2)cc1. The van der Waals surface area contributed by atoms with Crippen molar-refractivity contribution in [2.75, 3.05) is 19.6 Å². The van der Waals surface area contributed by atoms with Crippen LogP contribution in [0.25, 0.3) is 11.1 Å². The van der Waals surface area contributed by atoms with Crippen molar-refractivity contribution in [2.24, 2.45) is 0 Å². The molecule has 2 saturated heterocycles. The second-order valence-corrected chi connectivity index (χ2v) is 7.73. The van der Waals surface area contributed by atoms with Gasteiger partial charge in [0.1, 0.15) is 0 Å². The highest BCUT2D eigenvalue weighted by atomic mass is 16.2. The number of hydrogen-bond donors (Lipinski definition) is 0. The van der Waals surface area contributed by atoms with Gasteiger partial charge < -0.3 is 9.80 Å². The number of nitrogens with zero attached hydrogens (tertiary/aromatic N) is 3. The average molecular weight is 377 g/mol. The third-order valence-corrected chi connectivity index (χ3v) is 5.94. The van der Waals surface area contributed by atoms with Crippen LogP contribution in [0.5, 0.6) is 0 Å². The summed E-state index contributed by atoms with van der Waals surface area (Å²) in [5, 5.41) is 0. The Kier molecular flexibility index (Phi) is 5.70. The molecule has 0 N–H and O–H groups in total. The van der Waals surface area contributed by atoms with Gasteiger partial charge >= 0.3 is 0 Å². The Bertz CT molecular complexity index is 820. The molecule has 2 aliphatic rings. The second-order valence-electron chi connectivity index (χ2n) is 7.73.